The molecule has 1 aromatic carbocycles. The Morgan fingerprint density at radius 3 is 1.56 bits per heavy atom. The molecule has 0 amide bonds. The number of rotatable bonds is 21. The number of halogens is 1. The second-order valence-electron chi connectivity index (χ2n) is 10.6. The highest BCUT2D eigenvalue weighted by atomic mass is 79.9. The van der Waals surface area contributed by atoms with E-state index in [2.05, 4.69) is 36.1 Å². The third kappa shape index (κ3) is 15.7. The number of nitrogens with zero attached hydrogens (tertiary/aromatic N) is 2. The predicted octanol–water partition coefficient (Wildman–Crippen LogP) is 8.02. The zero-order chi connectivity index (χ0) is 25.0. The molecule has 0 radical (unpaired) electrons. The van der Waals surface area contributed by atoms with Gasteiger partial charge in [-0.25, -0.2) is 8.42 Å². The van der Waals surface area contributed by atoms with Crippen molar-refractivity contribution in [3.8, 4) is 0 Å². The second kappa shape index (κ2) is 21.5. The van der Waals surface area contributed by atoms with Crippen molar-refractivity contribution in [1.82, 2.24) is 9.21 Å². The van der Waals surface area contributed by atoms with Gasteiger partial charge in [0.2, 0.25) is 10.0 Å². The molecule has 6 heteroatoms. The molecule has 1 fully saturated rings. The molecular weight excluding hydrogens is 532 g/mol. The largest absolute Gasteiger partial charge is 0.300 e. The van der Waals surface area contributed by atoms with E-state index in [0.29, 0.717) is 18.8 Å². The van der Waals surface area contributed by atoms with E-state index < -0.39 is 10.0 Å². The lowest BCUT2D eigenvalue weighted by Crippen LogP contribution is -2.49. The fourth-order valence-electron chi connectivity index (χ4n) is 5.12. The topological polar surface area (TPSA) is 40.6 Å². The Morgan fingerprint density at radius 1 is 0.639 bits per heavy atom. The average Bonchev–Trinajstić information content (AvgIpc) is 2.88. The van der Waals surface area contributed by atoms with E-state index in [-0.39, 0.29) is 17.0 Å². The minimum Gasteiger partial charge on any atom is -0.300 e. The number of sulfonamides is 1. The molecule has 2 rings (SSSR count). The lowest BCUT2D eigenvalue weighted by Gasteiger charge is -2.34. The van der Waals surface area contributed by atoms with Gasteiger partial charge in [0.25, 0.3) is 0 Å². The average molecular weight is 588 g/mol. The molecule has 1 heterocycles. The van der Waals surface area contributed by atoms with Gasteiger partial charge < -0.3 is 4.90 Å². The quantitative estimate of drug-likeness (QED) is 0.137. The standard InChI is InChI=1S/C30H54N2O2S.BrH/c1-2-3-4-5-6-7-8-9-10-11-12-13-14-15-16-20-29-35(33,34)32-27-25-31(26-28-32)24-23-30-21-18-17-19-22-30;/h17-19,21-22H,2-16,20,23-29H2,1H3;1H. The first kappa shape index (κ1) is 33.6. The monoisotopic (exact) mass is 586 g/mol. The van der Waals surface area contributed by atoms with Crippen LogP contribution in [0.1, 0.15) is 115 Å². The highest BCUT2D eigenvalue weighted by Crippen LogP contribution is 2.15. The molecule has 0 bridgehead atoms. The number of unbranched alkanes of at least 4 members (excludes halogenated alkanes) is 15. The van der Waals surface area contributed by atoms with Gasteiger partial charge in [-0.15, -0.1) is 17.0 Å². The van der Waals surface area contributed by atoms with Crippen LogP contribution in [-0.2, 0) is 16.4 Å². The van der Waals surface area contributed by atoms with E-state index in [0.717, 1.165) is 38.9 Å². The van der Waals surface area contributed by atoms with Gasteiger partial charge in [0.15, 0.2) is 0 Å². The summed E-state index contributed by atoms with van der Waals surface area (Å²) in [5.41, 5.74) is 1.35. The summed E-state index contributed by atoms with van der Waals surface area (Å²) >= 11 is 0. The lowest BCUT2D eigenvalue weighted by molar-refractivity contribution is 0.190. The molecule has 4 nitrogen and oxygen atoms in total. The van der Waals surface area contributed by atoms with E-state index in [4.69, 9.17) is 0 Å². The maximum Gasteiger partial charge on any atom is 0.214 e. The maximum absolute atomic E-state index is 12.7. The van der Waals surface area contributed by atoms with E-state index in [1.54, 1.807) is 4.31 Å². The van der Waals surface area contributed by atoms with E-state index >= 15 is 0 Å². The molecule has 0 N–H and O–H groups in total. The van der Waals surface area contributed by atoms with Crippen molar-refractivity contribution in [2.24, 2.45) is 0 Å². The van der Waals surface area contributed by atoms with Crippen molar-refractivity contribution >= 4 is 27.0 Å². The van der Waals surface area contributed by atoms with Crippen molar-refractivity contribution in [1.29, 1.82) is 0 Å². The fourth-order valence-corrected chi connectivity index (χ4v) is 6.67. The summed E-state index contributed by atoms with van der Waals surface area (Å²) in [6, 6.07) is 10.5. The van der Waals surface area contributed by atoms with Gasteiger partial charge in [0.1, 0.15) is 0 Å². The van der Waals surface area contributed by atoms with Crippen molar-refractivity contribution in [2.75, 3.05) is 38.5 Å². The second-order valence-corrected chi connectivity index (χ2v) is 12.7. The Bertz CT molecular complexity index is 722. The Kier molecular flexibility index (Phi) is 20.1. The Labute approximate surface area is 234 Å². The lowest BCUT2D eigenvalue weighted by atomic mass is 10.0. The summed E-state index contributed by atoms with van der Waals surface area (Å²) in [5.74, 6) is 0.329. The van der Waals surface area contributed by atoms with Gasteiger partial charge in [0.05, 0.1) is 5.75 Å². The molecule has 1 saturated heterocycles. The first-order valence-electron chi connectivity index (χ1n) is 14.9. The van der Waals surface area contributed by atoms with E-state index in [1.807, 2.05) is 6.07 Å². The van der Waals surface area contributed by atoms with Gasteiger partial charge in [-0.05, 0) is 18.4 Å². The van der Waals surface area contributed by atoms with Crippen molar-refractivity contribution in [2.45, 2.75) is 116 Å². The fraction of sp³-hybridized carbons (Fsp3) is 0.800. The highest BCUT2D eigenvalue weighted by molar-refractivity contribution is 8.93. The molecule has 1 aliphatic rings. The third-order valence-corrected chi connectivity index (χ3v) is 9.50. The van der Waals surface area contributed by atoms with Crippen LogP contribution in [0.5, 0.6) is 0 Å². The molecule has 0 unspecified atom stereocenters. The van der Waals surface area contributed by atoms with Crippen LogP contribution in [0.2, 0.25) is 0 Å². The molecule has 0 spiro atoms. The molecule has 0 atom stereocenters. The first-order valence-corrected chi connectivity index (χ1v) is 16.5. The van der Waals surface area contributed by atoms with Crippen LogP contribution in [0.25, 0.3) is 0 Å². The van der Waals surface area contributed by atoms with Gasteiger partial charge in [-0.3, -0.25) is 0 Å². The summed E-state index contributed by atoms with van der Waals surface area (Å²) in [6.07, 6.45) is 22.1. The van der Waals surface area contributed by atoms with Crippen LogP contribution < -0.4 is 0 Å². The minimum atomic E-state index is -3.09. The summed E-state index contributed by atoms with van der Waals surface area (Å²) in [5, 5.41) is 0. The number of piperazine rings is 1. The smallest absolute Gasteiger partial charge is 0.214 e. The molecule has 1 aromatic rings. The molecule has 210 valence electrons. The molecule has 36 heavy (non-hydrogen) atoms. The van der Waals surface area contributed by atoms with Crippen LogP contribution in [-0.4, -0.2) is 56.1 Å². The third-order valence-electron chi connectivity index (χ3n) is 7.54. The summed E-state index contributed by atoms with van der Waals surface area (Å²) < 4.78 is 27.2. The zero-order valence-electron chi connectivity index (χ0n) is 23.2. The van der Waals surface area contributed by atoms with Crippen molar-refractivity contribution in [3.63, 3.8) is 0 Å². The highest BCUT2D eigenvalue weighted by Gasteiger charge is 2.26. The Balaban J connectivity index is 0.00000648. The van der Waals surface area contributed by atoms with Crippen LogP contribution in [0.15, 0.2) is 30.3 Å². The zero-order valence-corrected chi connectivity index (χ0v) is 25.7. The van der Waals surface area contributed by atoms with Crippen LogP contribution in [0, 0.1) is 0 Å². The normalized spacial score (nSPS) is 15.1. The van der Waals surface area contributed by atoms with E-state index in [9.17, 15) is 8.42 Å². The van der Waals surface area contributed by atoms with Crippen molar-refractivity contribution < 1.29 is 8.42 Å². The summed E-state index contributed by atoms with van der Waals surface area (Å²) in [7, 11) is -3.09. The van der Waals surface area contributed by atoms with Gasteiger partial charge in [0, 0.05) is 32.7 Å². The summed E-state index contributed by atoms with van der Waals surface area (Å²) in [4.78, 5) is 2.40. The molecule has 1 aliphatic heterocycles. The molecular formula is C30H55BrN2O2S. The first-order chi connectivity index (χ1) is 17.1. The number of benzene rings is 1. The van der Waals surface area contributed by atoms with Crippen LogP contribution in [0.4, 0.5) is 0 Å². The Morgan fingerprint density at radius 2 is 1.08 bits per heavy atom. The van der Waals surface area contributed by atoms with Crippen LogP contribution in [0.3, 0.4) is 0 Å². The number of hydrogen-bond acceptors (Lipinski definition) is 3. The van der Waals surface area contributed by atoms with Gasteiger partial charge >= 0.3 is 0 Å². The molecule has 0 aromatic heterocycles. The SMILES string of the molecule is Br.CCCCCCCCCCCCCCCCCCS(=O)(=O)N1CCN(CCc2ccccc2)CC1. The van der Waals surface area contributed by atoms with Crippen LogP contribution >= 0.6 is 17.0 Å². The molecule has 0 saturated carbocycles. The number of hydrogen-bond donors (Lipinski definition) is 0. The van der Waals surface area contributed by atoms with E-state index in [1.165, 1.54) is 95.5 Å². The minimum absolute atomic E-state index is 0. The van der Waals surface area contributed by atoms with Crippen molar-refractivity contribution in [3.05, 3.63) is 35.9 Å². The maximum atomic E-state index is 12.7. The summed E-state index contributed by atoms with van der Waals surface area (Å²) in [6.45, 7) is 6.29. The molecule has 0 aliphatic carbocycles. The van der Waals surface area contributed by atoms with Gasteiger partial charge in [-0.1, -0.05) is 134 Å². The van der Waals surface area contributed by atoms with Gasteiger partial charge in [-0.2, -0.15) is 4.31 Å². The Hall–Kier alpha value is -0.430. The predicted molar refractivity (Wildman–Crippen MR) is 162 cm³/mol.